The monoisotopic (exact) mass is 343 g/mol. The minimum absolute atomic E-state index is 0.109. The molecule has 2 aromatic rings. The lowest BCUT2D eigenvalue weighted by molar-refractivity contribution is -0.144. The Kier molecular flexibility index (Phi) is 7.13. The normalized spacial score (nSPS) is 11.9. The Labute approximate surface area is 146 Å². The smallest absolute Gasteiger partial charge is 0.328 e. The highest BCUT2D eigenvalue weighted by Gasteiger charge is 2.21. The molecule has 0 fully saturated rings. The van der Waals surface area contributed by atoms with Gasteiger partial charge in [0.15, 0.2) is 6.04 Å². The molecule has 1 atom stereocenters. The van der Waals surface area contributed by atoms with Crippen molar-refractivity contribution in [2.75, 3.05) is 20.3 Å². The molecular weight excluding hydrogens is 322 g/mol. The maximum absolute atomic E-state index is 12.0. The van der Waals surface area contributed by atoms with Crippen LogP contribution in [-0.2, 0) is 19.1 Å². The molecule has 2 aromatic carbocycles. The third-order valence-electron chi connectivity index (χ3n) is 3.55. The zero-order valence-electron chi connectivity index (χ0n) is 13.9. The molecule has 0 saturated heterocycles. The van der Waals surface area contributed by atoms with Crippen LogP contribution < -0.4 is 5.32 Å². The summed E-state index contributed by atoms with van der Waals surface area (Å²) in [6.07, 6.45) is -0.418. The van der Waals surface area contributed by atoms with E-state index in [1.54, 1.807) is 0 Å². The molecule has 0 aromatic heterocycles. The van der Waals surface area contributed by atoms with Crippen molar-refractivity contribution in [2.45, 2.75) is 12.1 Å². The zero-order valence-corrected chi connectivity index (χ0v) is 13.9. The molecule has 132 valence electrons. The third kappa shape index (κ3) is 5.70. The largest absolute Gasteiger partial charge is 0.480 e. The highest BCUT2D eigenvalue weighted by molar-refractivity contribution is 5.84. The van der Waals surface area contributed by atoms with Gasteiger partial charge >= 0.3 is 5.97 Å². The number of ether oxygens (including phenoxy) is 2. The molecule has 1 unspecified atom stereocenters. The summed E-state index contributed by atoms with van der Waals surface area (Å²) in [5, 5.41) is 11.4. The van der Waals surface area contributed by atoms with Crippen LogP contribution in [0, 0.1) is 0 Å². The molecule has 0 saturated carbocycles. The SMILES string of the molecule is COCC(NC(=O)COC(c1ccccc1)c1ccccc1)C(=O)O. The number of hydrogen-bond donors (Lipinski definition) is 2. The van der Waals surface area contributed by atoms with Crippen molar-refractivity contribution in [2.24, 2.45) is 0 Å². The van der Waals surface area contributed by atoms with Gasteiger partial charge in [0.1, 0.15) is 12.7 Å². The Hall–Kier alpha value is -2.70. The van der Waals surface area contributed by atoms with Crippen molar-refractivity contribution in [3.8, 4) is 0 Å². The fourth-order valence-corrected chi connectivity index (χ4v) is 2.38. The van der Waals surface area contributed by atoms with Crippen LogP contribution in [0.3, 0.4) is 0 Å². The lowest BCUT2D eigenvalue weighted by Gasteiger charge is -2.20. The number of carboxylic acids is 1. The average Bonchev–Trinajstić information content (AvgIpc) is 2.63. The van der Waals surface area contributed by atoms with E-state index in [1.165, 1.54) is 7.11 Å². The topological polar surface area (TPSA) is 84.9 Å². The van der Waals surface area contributed by atoms with Crippen LogP contribution in [0.1, 0.15) is 17.2 Å². The number of carbonyl (C=O) groups excluding carboxylic acids is 1. The molecule has 0 aliphatic rings. The van der Waals surface area contributed by atoms with Crippen LogP contribution in [-0.4, -0.2) is 43.3 Å². The van der Waals surface area contributed by atoms with E-state index in [9.17, 15) is 9.59 Å². The minimum atomic E-state index is -1.15. The summed E-state index contributed by atoms with van der Waals surface area (Å²) in [6.45, 7) is -0.371. The molecule has 0 spiro atoms. The van der Waals surface area contributed by atoms with E-state index in [0.717, 1.165) is 11.1 Å². The first kappa shape index (κ1) is 18.6. The first-order valence-electron chi connectivity index (χ1n) is 7.84. The number of aliphatic carboxylic acids is 1. The summed E-state index contributed by atoms with van der Waals surface area (Å²) < 4.78 is 10.6. The van der Waals surface area contributed by atoms with Crippen LogP contribution >= 0.6 is 0 Å². The van der Waals surface area contributed by atoms with E-state index in [-0.39, 0.29) is 13.2 Å². The summed E-state index contributed by atoms with van der Waals surface area (Å²) in [4.78, 5) is 23.1. The van der Waals surface area contributed by atoms with E-state index in [1.807, 2.05) is 60.7 Å². The van der Waals surface area contributed by atoms with Crippen molar-refractivity contribution in [3.63, 3.8) is 0 Å². The number of carboxylic acid groups (broad SMARTS) is 1. The van der Waals surface area contributed by atoms with Crippen LogP contribution in [0.5, 0.6) is 0 Å². The van der Waals surface area contributed by atoms with Crippen molar-refractivity contribution in [1.29, 1.82) is 0 Å². The second-order valence-electron chi connectivity index (χ2n) is 5.43. The van der Waals surface area contributed by atoms with Crippen molar-refractivity contribution in [1.82, 2.24) is 5.32 Å². The molecule has 0 aliphatic heterocycles. The van der Waals surface area contributed by atoms with Gasteiger partial charge in [-0.05, 0) is 11.1 Å². The predicted octanol–water partition coefficient (Wildman–Crippen LogP) is 2.01. The zero-order chi connectivity index (χ0) is 18.1. The number of hydrogen-bond acceptors (Lipinski definition) is 4. The second-order valence-corrected chi connectivity index (χ2v) is 5.43. The lowest BCUT2D eigenvalue weighted by atomic mass is 10.0. The molecule has 0 radical (unpaired) electrons. The molecule has 25 heavy (non-hydrogen) atoms. The van der Waals surface area contributed by atoms with Crippen LogP contribution in [0.4, 0.5) is 0 Å². The fourth-order valence-electron chi connectivity index (χ4n) is 2.38. The Balaban J connectivity index is 2.05. The second kappa shape index (κ2) is 9.56. The number of amides is 1. The van der Waals surface area contributed by atoms with Gasteiger partial charge in [0, 0.05) is 7.11 Å². The fraction of sp³-hybridized carbons (Fsp3) is 0.263. The van der Waals surface area contributed by atoms with E-state index in [0.29, 0.717) is 0 Å². The van der Waals surface area contributed by atoms with Crippen LogP contribution in [0.15, 0.2) is 60.7 Å². The van der Waals surface area contributed by atoms with E-state index in [2.05, 4.69) is 5.32 Å². The summed E-state index contributed by atoms with van der Waals surface area (Å²) in [5.74, 6) is -1.67. The van der Waals surface area contributed by atoms with E-state index < -0.39 is 24.0 Å². The summed E-state index contributed by atoms with van der Waals surface area (Å²) in [6, 6.07) is 18.0. The van der Waals surface area contributed by atoms with Gasteiger partial charge in [-0.2, -0.15) is 0 Å². The third-order valence-corrected chi connectivity index (χ3v) is 3.55. The van der Waals surface area contributed by atoms with E-state index in [4.69, 9.17) is 14.6 Å². The molecule has 0 heterocycles. The number of rotatable bonds is 9. The Bertz CT molecular complexity index is 635. The van der Waals surface area contributed by atoms with Gasteiger partial charge in [-0.15, -0.1) is 0 Å². The average molecular weight is 343 g/mol. The Morgan fingerprint density at radius 2 is 1.52 bits per heavy atom. The standard InChI is InChI=1S/C19H21NO5/c1-24-12-16(19(22)23)20-17(21)13-25-18(14-8-4-2-5-9-14)15-10-6-3-7-11-15/h2-11,16,18H,12-13H2,1H3,(H,20,21)(H,22,23). The van der Waals surface area contributed by atoms with Gasteiger partial charge in [0.25, 0.3) is 0 Å². The highest BCUT2D eigenvalue weighted by atomic mass is 16.5. The van der Waals surface area contributed by atoms with Crippen molar-refractivity contribution in [3.05, 3.63) is 71.8 Å². The number of benzene rings is 2. The minimum Gasteiger partial charge on any atom is -0.480 e. The Morgan fingerprint density at radius 1 is 1.00 bits per heavy atom. The quantitative estimate of drug-likeness (QED) is 0.727. The molecular formula is C19H21NO5. The molecule has 6 heteroatoms. The van der Waals surface area contributed by atoms with Crippen LogP contribution in [0.25, 0.3) is 0 Å². The highest BCUT2D eigenvalue weighted by Crippen LogP contribution is 2.25. The lowest BCUT2D eigenvalue weighted by Crippen LogP contribution is -2.45. The molecule has 6 nitrogen and oxygen atoms in total. The maximum Gasteiger partial charge on any atom is 0.328 e. The van der Waals surface area contributed by atoms with Crippen molar-refractivity contribution < 1.29 is 24.2 Å². The van der Waals surface area contributed by atoms with Gasteiger partial charge in [0.05, 0.1) is 6.61 Å². The van der Waals surface area contributed by atoms with Crippen molar-refractivity contribution >= 4 is 11.9 Å². The molecule has 0 bridgehead atoms. The number of carbonyl (C=O) groups is 2. The number of methoxy groups -OCH3 is 1. The summed E-state index contributed by atoms with van der Waals surface area (Å²) in [7, 11) is 1.37. The van der Waals surface area contributed by atoms with Gasteiger partial charge < -0.3 is 19.9 Å². The predicted molar refractivity (Wildman–Crippen MR) is 92.1 cm³/mol. The Morgan fingerprint density at radius 3 is 1.96 bits per heavy atom. The van der Waals surface area contributed by atoms with Gasteiger partial charge in [-0.1, -0.05) is 60.7 Å². The molecule has 2 N–H and O–H groups in total. The first-order valence-corrected chi connectivity index (χ1v) is 7.84. The van der Waals surface area contributed by atoms with Gasteiger partial charge in [0.2, 0.25) is 5.91 Å². The molecule has 0 aliphatic carbocycles. The number of nitrogens with one attached hydrogen (secondary N) is 1. The van der Waals surface area contributed by atoms with E-state index >= 15 is 0 Å². The maximum atomic E-state index is 12.0. The van der Waals surface area contributed by atoms with Crippen LogP contribution in [0.2, 0.25) is 0 Å². The molecule has 1 amide bonds. The summed E-state index contributed by atoms with van der Waals surface area (Å²) >= 11 is 0. The first-order chi connectivity index (χ1) is 12.1. The van der Waals surface area contributed by atoms with Gasteiger partial charge in [-0.25, -0.2) is 4.79 Å². The van der Waals surface area contributed by atoms with Gasteiger partial charge in [-0.3, -0.25) is 4.79 Å². The summed E-state index contributed by atoms with van der Waals surface area (Å²) in [5.41, 5.74) is 1.82. The molecule has 2 rings (SSSR count).